The molecule has 1 saturated heterocycles. The van der Waals surface area contributed by atoms with Crippen molar-refractivity contribution in [2.45, 2.75) is 18.9 Å². The maximum Gasteiger partial charge on any atom is 0.252 e. The van der Waals surface area contributed by atoms with Gasteiger partial charge in [0.05, 0.1) is 5.56 Å². The fourth-order valence-electron chi connectivity index (χ4n) is 1.89. The van der Waals surface area contributed by atoms with Crippen molar-refractivity contribution >= 4 is 17.5 Å². The van der Waals surface area contributed by atoms with E-state index in [-0.39, 0.29) is 6.10 Å². The number of amides is 1. The lowest BCUT2D eigenvalue weighted by Crippen LogP contribution is -2.34. The van der Waals surface area contributed by atoms with E-state index in [0.717, 1.165) is 25.9 Å². The summed E-state index contributed by atoms with van der Waals surface area (Å²) < 4.78 is 5.80. The fraction of sp³-hybridized carbons (Fsp3) is 0.417. The lowest BCUT2D eigenvalue weighted by molar-refractivity contribution is 0.0989. The molecule has 92 valence electrons. The van der Waals surface area contributed by atoms with Crippen LogP contribution in [0.4, 0.5) is 0 Å². The summed E-state index contributed by atoms with van der Waals surface area (Å²) >= 11 is 5.89. The van der Waals surface area contributed by atoms with Crippen LogP contribution in [0.15, 0.2) is 18.2 Å². The third kappa shape index (κ3) is 3.11. The second-order valence-corrected chi connectivity index (χ2v) is 4.51. The molecule has 1 amide bonds. The van der Waals surface area contributed by atoms with Crippen LogP contribution in [-0.4, -0.2) is 25.1 Å². The first-order valence-electron chi connectivity index (χ1n) is 5.63. The molecule has 5 heteroatoms. The van der Waals surface area contributed by atoms with Gasteiger partial charge in [-0.1, -0.05) is 11.6 Å². The van der Waals surface area contributed by atoms with Crippen molar-refractivity contribution in [1.82, 2.24) is 5.32 Å². The predicted molar refractivity (Wildman–Crippen MR) is 66.5 cm³/mol. The summed E-state index contributed by atoms with van der Waals surface area (Å²) in [5, 5.41) is 3.79. The number of nitrogens with two attached hydrogens (primary N) is 1. The average Bonchev–Trinajstić information content (AvgIpc) is 2.30. The van der Waals surface area contributed by atoms with Gasteiger partial charge in [0.25, 0.3) is 5.91 Å². The summed E-state index contributed by atoms with van der Waals surface area (Å²) in [6.07, 6.45) is 1.96. The van der Waals surface area contributed by atoms with Gasteiger partial charge in [-0.3, -0.25) is 4.79 Å². The van der Waals surface area contributed by atoms with E-state index in [1.165, 1.54) is 0 Å². The molecular formula is C12H15ClN2O2. The van der Waals surface area contributed by atoms with Crippen LogP contribution in [-0.2, 0) is 0 Å². The number of primary amides is 1. The molecular weight excluding hydrogens is 240 g/mol. The van der Waals surface area contributed by atoms with Gasteiger partial charge in [0, 0.05) is 5.02 Å². The number of halogens is 1. The molecule has 0 unspecified atom stereocenters. The molecule has 0 bridgehead atoms. The van der Waals surface area contributed by atoms with E-state index in [0.29, 0.717) is 16.3 Å². The number of hydrogen-bond donors (Lipinski definition) is 2. The summed E-state index contributed by atoms with van der Waals surface area (Å²) in [6.45, 7) is 1.86. The molecule has 0 aliphatic carbocycles. The first kappa shape index (κ1) is 12.2. The average molecular weight is 255 g/mol. The normalized spacial score (nSPS) is 16.8. The van der Waals surface area contributed by atoms with Gasteiger partial charge in [-0.2, -0.15) is 0 Å². The van der Waals surface area contributed by atoms with Crippen molar-refractivity contribution in [1.29, 1.82) is 0 Å². The summed E-state index contributed by atoms with van der Waals surface area (Å²) in [5.74, 6) is -0.0116. The van der Waals surface area contributed by atoms with E-state index in [4.69, 9.17) is 22.1 Å². The highest BCUT2D eigenvalue weighted by Gasteiger charge is 2.18. The molecule has 1 aliphatic rings. The van der Waals surface area contributed by atoms with Crippen LogP contribution in [0.1, 0.15) is 23.2 Å². The largest absolute Gasteiger partial charge is 0.489 e. The Labute approximate surface area is 105 Å². The van der Waals surface area contributed by atoms with E-state index in [9.17, 15) is 4.79 Å². The molecule has 1 aliphatic heterocycles. The van der Waals surface area contributed by atoms with Crippen molar-refractivity contribution in [3.05, 3.63) is 28.8 Å². The maximum atomic E-state index is 11.3. The quantitative estimate of drug-likeness (QED) is 0.861. The molecule has 4 nitrogen and oxygen atoms in total. The Morgan fingerprint density at radius 2 is 2.12 bits per heavy atom. The number of nitrogens with one attached hydrogen (secondary N) is 1. The highest BCUT2D eigenvalue weighted by molar-refractivity contribution is 6.30. The van der Waals surface area contributed by atoms with Gasteiger partial charge in [-0.05, 0) is 44.1 Å². The van der Waals surface area contributed by atoms with Gasteiger partial charge in [-0.25, -0.2) is 0 Å². The summed E-state index contributed by atoms with van der Waals surface area (Å²) in [7, 11) is 0. The molecule has 1 fully saturated rings. The summed E-state index contributed by atoms with van der Waals surface area (Å²) in [4.78, 5) is 11.3. The van der Waals surface area contributed by atoms with Crippen molar-refractivity contribution < 1.29 is 9.53 Å². The Kier molecular flexibility index (Phi) is 3.86. The molecule has 0 radical (unpaired) electrons. The predicted octanol–water partition coefficient (Wildman–Crippen LogP) is 1.57. The molecule has 0 aromatic heterocycles. The van der Waals surface area contributed by atoms with Gasteiger partial charge in [0.15, 0.2) is 0 Å². The Balaban J connectivity index is 2.17. The summed E-state index contributed by atoms with van der Waals surface area (Å²) in [5.41, 5.74) is 5.68. The van der Waals surface area contributed by atoms with Gasteiger partial charge < -0.3 is 15.8 Å². The standard InChI is InChI=1S/C12H15ClN2O2/c13-8-1-2-10(12(14)16)11(7-8)17-9-3-5-15-6-4-9/h1-2,7,9,15H,3-6H2,(H2,14,16). The van der Waals surface area contributed by atoms with E-state index in [1.54, 1.807) is 18.2 Å². The molecule has 2 rings (SSSR count). The second kappa shape index (κ2) is 5.38. The number of carbonyl (C=O) groups is 1. The lowest BCUT2D eigenvalue weighted by atomic mass is 10.1. The van der Waals surface area contributed by atoms with E-state index >= 15 is 0 Å². The minimum absolute atomic E-state index is 0.118. The van der Waals surface area contributed by atoms with Gasteiger partial charge >= 0.3 is 0 Å². The van der Waals surface area contributed by atoms with E-state index in [2.05, 4.69) is 5.32 Å². The summed E-state index contributed by atoms with van der Waals surface area (Å²) in [6, 6.07) is 4.88. The minimum Gasteiger partial charge on any atom is -0.489 e. The molecule has 1 heterocycles. The lowest BCUT2D eigenvalue weighted by Gasteiger charge is -2.24. The SMILES string of the molecule is NC(=O)c1ccc(Cl)cc1OC1CCNCC1. The molecule has 0 spiro atoms. The van der Waals surface area contributed by atoms with Crippen LogP contribution in [0.2, 0.25) is 5.02 Å². The number of ether oxygens (including phenoxy) is 1. The van der Waals surface area contributed by atoms with E-state index < -0.39 is 5.91 Å². The minimum atomic E-state index is -0.495. The van der Waals surface area contributed by atoms with Gasteiger partial charge in [0.1, 0.15) is 11.9 Å². The van der Waals surface area contributed by atoms with Crippen LogP contribution >= 0.6 is 11.6 Å². The van der Waals surface area contributed by atoms with Crippen LogP contribution < -0.4 is 15.8 Å². The first-order valence-corrected chi connectivity index (χ1v) is 6.01. The van der Waals surface area contributed by atoms with E-state index in [1.807, 2.05) is 0 Å². The molecule has 1 aromatic rings. The van der Waals surface area contributed by atoms with Gasteiger partial charge in [-0.15, -0.1) is 0 Å². The topological polar surface area (TPSA) is 64.4 Å². The first-order chi connectivity index (χ1) is 8.16. The van der Waals surface area contributed by atoms with Crippen molar-refractivity contribution in [2.75, 3.05) is 13.1 Å². The third-order valence-electron chi connectivity index (χ3n) is 2.79. The zero-order valence-electron chi connectivity index (χ0n) is 9.41. The Morgan fingerprint density at radius 1 is 1.41 bits per heavy atom. The Bertz CT molecular complexity index is 417. The molecule has 0 atom stereocenters. The van der Waals surface area contributed by atoms with Crippen molar-refractivity contribution in [2.24, 2.45) is 5.73 Å². The highest BCUT2D eigenvalue weighted by Crippen LogP contribution is 2.25. The number of hydrogen-bond acceptors (Lipinski definition) is 3. The fourth-order valence-corrected chi connectivity index (χ4v) is 2.05. The number of carbonyl (C=O) groups excluding carboxylic acids is 1. The zero-order chi connectivity index (χ0) is 12.3. The van der Waals surface area contributed by atoms with Crippen molar-refractivity contribution in [3.8, 4) is 5.75 Å². The van der Waals surface area contributed by atoms with Crippen LogP contribution in [0.3, 0.4) is 0 Å². The molecule has 3 N–H and O–H groups in total. The monoisotopic (exact) mass is 254 g/mol. The number of benzene rings is 1. The second-order valence-electron chi connectivity index (χ2n) is 4.07. The maximum absolute atomic E-state index is 11.3. The zero-order valence-corrected chi connectivity index (χ0v) is 10.2. The Hall–Kier alpha value is -1.26. The molecule has 0 saturated carbocycles. The smallest absolute Gasteiger partial charge is 0.252 e. The molecule has 17 heavy (non-hydrogen) atoms. The van der Waals surface area contributed by atoms with Gasteiger partial charge in [0.2, 0.25) is 0 Å². The number of rotatable bonds is 3. The van der Waals surface area contributed by atoms with Crippen molar-refractivity contribution in [3.63, 3.8) is 0 Å². The highest BCUT2D eigenvalue weighted by atomic mass is 35.5. The van der Waals surface area contributed by atoms with Crippen LogP contribution in [0, 0.1) is 0 Å². The third-order valence-corrected chi connectivity index (χ3v) is 3.02. The number of piperidine rings is 1. The van der Waals surface area contributed by atoms with Crippen LogP contribution in [0.5, 0.6) is 5.75 Å². The molecule has 1 aromatic carbocycles. The van der Waals surface area contributed by atoms with Crippen LogP contribution in [0.25, 0.3) is 0 Å². The Morgan fingerprint density at radius 3 is 2.76 bits per heavy atom.